The van der Waals surface area contributed by atoms with Gasteiger partial charge in [-0.2, -0.15) is 0 Å². The summed E-state index contributed by atoms with van der Waals surface area (Å²) in [6, 6.07) is 15.5. The van der Waals surface area contributed by atoms with E-state index in [1.54, 1.807) is 6.07 Å². The molecule has 0 bridgehead atoms. The quantitative estimate of drug-likeness (QED) is 0.927. The van der Waals surface area contributed by atoms with Crippen LogP contribution in [-0.2, 0) is 11.2 Å². The van der Waals surface area contributed by atoms with E-state index in [2.05, 4.69) is 0 Å². The molecule has 1 atom stereocenters. The van der Waals surface area contributed by atoms with Gasteiger partial charge in [-0.15, -0.1) is 0 Å². The van der Waals surface area contributed by atoms with Crippen LogP contribution in [0.25, 0.3) is 0 Å². The lowest BCUT2D eigenvalue weighted by Crippen LogP contribution is -2.15. The number of para-hydroxylation sites is 1. The second kappa shape index (κ2) is 5.97. The lowest BCUT2D eigenvalue weighted by Gasteiger charge is -2.12. The van der Waals surface area contributed by atoms with Gasteiger partial charge in [-0.3, -0.25) is 0 Å². The topological polar surface area (TPSA) is 38.7 Å². The number of hydrogen-bond donors (Lipinski definition) is 1. The minimum absolute atomic E-state index is 0.180. The SMILES string of the molecule is Oc1ccccc1Cc1ccc(OC2CCOC2)cc1. The van der Waals surface area contributed by atoms with E-state index in [-0.39, 0.29) is 6.10 Å². The lowest BCUT2D eigenvalue weighted by molar-refractivity contribution is 0.141. The van der Waals surface area contributed by atoms with Gasteiger partial charge in [0.15, 0.2) is 0 Å². The molecule has 0 spiro atoms. The Morgan fingerprint density at radius 2 is 1.90 bits per heavy atom. The highest BCUT2D eigenvalue weighted by molar-refractivity contribution is 5.37. The van der Waals surface area contributed by atoms with E-state index >= 15 is 0 Å². The Kier molecular flexibility index (Phi) is 3.88. The molecule has 1 fully saturated rings. The molecule has 2 aromatic carbocycles. The molecule has 0 aliphatic carbocycles. The van der Waals surface area contributed by atoms with E-state index in [0.717, 1.165) is 36.3 Å². The van der Waals surface area contributed by atoms with E-state index in [0.29, 0.717) is 12.4 Å². The molecule has 0 saturated carbocycles. The average molecular weight is 270 g/mol. The Labute approximate surface area is 118 Å². The predicted octanol–water partition coefficient (Wildman–Crippen LogP) is 3.15. The van der Waals surface area contributed by atoms with Crippen LogP contribution in [0, 0.1) is 0 Å². The van der Waals surface area contributed by atoms with E-state index in [4.69, 9.17) is 9.47 Å². The van der Waals surface area contributed by atoms with Crippen molar-refractivity contribution in [2.45, 2.75) is 18.9 Å². The molecular weight excluding hydrogens is 252 g/mol. The van der Waals surface area contributed by atoms with Crippen LogP contribution in [0.2, 0.25) is 0 Å². The largest absolute Gasteiger partial charge is 0.508 e. The molecule has 20 heavy (non-hydrogen) atoms. The zero-order valence-electron chi connectivity index (χ0n) is 11.3. The second-order valence-electron chi connectivity index (χ2n) is 5.05. The zero-order valence-corrected chi connectivity index (χ0v) is 11.3. The molecular formula is C17H18O3. The number of ether oxygens (including phenoxy) is 2. The highest BCUT2D eigenvalue weighted by atomic mass is 16.5. The summed E-state index contributed by atoms with van der Waals surface area (Å²) in [7, 11) is 0. The van der Waals surface area contributed by atoms with Gasteiger partial charge in [0.1, 0.15) is 17.6 Å². The van der Waals surface area contributed by atoms with Crippen molar-refractivity contribution in [1.29, 1.82) is 0 Å². The lowest BCUT2D eigenvalue weighted by atomic mass is 10.0. The Morgan fingerprint density at radius 3 is 2.60 bits per heavy atom. The minimum atomic E-state index is 0.180. The van der Waals surface area contributed by atoms with E-state index in [1.807, 2.05) is 42.5 Å². The maximum absolute atomic E-state index is 9.78. The monoisotopic (exact) mass is 270 g/mol. The van der Waals surface area contributed by atoms with E-state index in [1.165, 1.54) is 0 Å². The molecule has 1 heterocycles. The van der Waals surface area contributed by atoms with Crippen LogP contribution in [0.4, 0.5) is 0 Å². The van der Waals surface area contributed by atoms with Crippen molar-refractivity contribution in [3.63, 3.8) is 0 Å². The fourth-order valence-corrected chi connectivity index (χ4v) is 2.36. The Morgan fingerprint density at radius 1 is 1.10 bits per heavy atom. The molecule has 2 aromatic rings. The summed E-state index contributed by atoms with van der Waals surface area (Å²) >= 11 is 0. The van der Waals surface area contributed by atoms with Crippen LogP contribution >= 0.6 is 0 Å². The van der Waals surface area contributed by atoms with Crippen molar-refractivity contribution >= 4 is 0 Å². The summed E-state index contributed by atoms with van der Waals surface area (Å²) in [4.78, 5) is 0. The molecule has 3 nitrogen and oxygen atoms in total. The zero-order chi connectivity index (χ0) is 13.8. The number of phenolic OH excluding ortho intramolecular Hbond substituents is 1. The summed E-state index contributed by atoms with van der Waals surface area (Å²) in [5.41, 5.74) is 2.09. The standard InChI is InChI=1S/C17H18O3/c18-17-4-2-1-3-14(17)11-13-5-7-15(8-6-13)20-16-9-10-19-12-16/h1-8,16,18H,9-12H2. The molecule has 0 aromatic heterocycles. The molecule has 1 N–H and O–H groups in total. The molecule has 104 valence electrons. The van der Waals surface area contributed by atoms with Gasteiger partial charge in [0.05, 0.1) is 13.2 Å². The van der Waals surface area contributed by atoms with Gasteiger partial charge in [-0.25, -0.2) is 0 Å². The summed E-state index contributed by atoms with van der Waals surface area (Å²) in [6.07, 6.45) is 1.86. The number of rotatable bonds is 4. The predicted molar refractivity (Wildman–Crippen MR) is 77.2 cm³/mol. The van der Waals surface area contributed by atoms with Crippen LogP contribution in [0.15, 0.2) is 48.5 Å². The third kappa shape index (κ3) is 3.11. The van der Waals surface area contributed by atoms with Crippen molar-refractivity contribution < 1.29 is 14.6 Å². The number of phenols is 1. The summed E-state index contributed by atoms with van der Waals surface area (Å²) in [5.74, 6) is 1.22. The summed E-state index contributed by atoms with van der Waals surface area (Å²) < 4.78 is 11.1. The van der Waals surface area contributed by atoms with Crippen molar-refractivity contribution in [2.75, 3.05) is 13.2 Å². The Hall–Kier alpha value is -2.00. The molecule has 1 aliphatic rings. The first-order valence-electron chi connectivity index (χ1n) is 6.91. The highest BCUT2D eigenvalue weighted by Crippen LogP contribution is 2.22. The first-order valence-corrected chi connectivity index (χ1v) is 6.91. The summed E-state index contributed by atoms with van der Waals surface area (Å²) in [5, 5.41) is 9.78. The maximum atomic E-state index is 9.78. The van der Waals surface area contributed by atoms with Crippen molar-refractivity contribution in [3.8, 4) is 11.5 Å². The molecule has 1 aliphatic heterocycles. The third-order valence-electron chi connectivity index (χ3n) is 3.50. The maximum Gasteiger partial charge on any atom is 0.124 e. The van der Waals surface area contributed by atoms with Gasteiger partial charge in [0, 0.05) is 12.8 Å². The number of aromatic hydroxyl groups is 1. The number of hydrogen-bond acceptors (Lipinski definition) is 3. The van der Waals surface area contributed by atoms with Gasteiger partial charge in [-0.1, -0.05) is 30.3 Å². The van der Waals surface area contributed by atoms with Gasteiger partial charge in [0.2, 0.25) is 0 Å². The van der Waals surface area contributed by atoms with Crippen LogP contribution in [-0.4, -0.2) is 24.4 Å². The Balaban J connectivity index is 1.65. The van der Waals surface area contributed by atoms with E-state index < -0.39 is 0 Å². The first kappa shape index (κ1) is 13.0. The fourth-order valence-electron chi connectivity index (χ4n) is 2.36. The van der Waals surface area contributed by atoms with Gasteiger partial charge < -0.3 is 14.6 Å². The molecule has 1 saturated heterocycles. The van der Waals surface area contributed by atoms with Crippen molar-refractivity contribution in [3.05, 3.63) is 59.7 Å². The molecule has 0 amide bonds. The van der Waals surface area contributed by atoms with Crippen LogP contribution in [0.5, 0.6) is 11.5 Å². The minimum Gasteiger partial charge on any atom is -0.508 e. The molecule has 0 radical (unpaired) electrons. The van der Waals surface area contributed by atoms with E-state index in [9.17, 15) is 5.11 Å². The fraction of sp³-hybridized carbons (Fsp3) is 0.294. The normalized spacial score (nSPS) is 18.1. The second-order valence-corrected chi connectivity index (χ2v) is 5.05. The average Bonchev–Trinajstić information content (AvgIpc) is 2.96. The first-order chi connectivity index (χ1) is 9.81. The van der Waals surface area contributed by atoms with Gasteiger partial charge in [0.25, 0.3) is 0 Å². The molecule has 3 heteroatoms. The van der Waals surface area contributed by atoms with Crippen LogP contribution in [0.3, 0.4) is 0 Å². The number of benzene rings is 2. The highest BCUT2D eigenvalue weighted by Gasteiger charge is 2.16. The van der Waals surface area contributed by atoms with Crippen LogP contribution < -0.4 is 4.74 Å². The van der Waals surface area contributed by atoms with Crippen molar-refractivity contribution in [2.24, 2.45) is 0 Å². The third-order valence-corrected chi connectivity index (χ3v) is 3.50. The Bertz CT molecular complexity index is 557. The molecule has 3 rings (SSSR count). The van der Waals surface area contributed by atoms with Gasteiger partial charge in [-0.05, 0) is 29.3 Å². The summed E-state index contributed by atoms with van der Waals surface area (Å²) in [6.45, 7) is 1.47. The van der Waals surface area contributed by atoms with Crippen LogP contribution in [0.1, 0.15) is 17.5 Å². The smallest absolute Gasteiger partial charge is 0.124 e. The molecule has 1 unspecified atom stereocenters. The van der Waals surface area contributed by atoms with Gasteiger partial charge >= 0.3 is 0 Å². The van der Waals surface area contributed by atoms with Crippen molar-refractivity contribution in [1.82, 2.24) is 0 Å².